The fourth-order valence-electron chi connectivity index (χ4n) is 3.22. The Bertz CT molecular complexity index is 641. The van der Waals surface area contributed by atoms with Crippen LogP contribution in [0.1, 0.15) is 39.2 Å². The Hall–Kier alpha value is -2.11. The van der Waals surface area contributed by atoms with Crippen molar-refractivity contribution < 1.29 is 23.5 Å². The number of hydrogen-bond donors (Lipinski definition) is 0. The first-order valence-electron chi connectivity index (χ1n) is 8.47. The second-order valence-electron chi connectivity index (χ2n) is 7.55. The van der Waals surface area contributed by atoms with Crippen LogP contribution >= 0.6 is 0 Å². The smallest absolute Gasteiger partial charge is 0.410 e. The highest BCUT2D eigenvalue weighted by Gasteiger charge is 2.45. The van der Waals surface area contributed by atoms with Crippen molar-refractivity contribution in [2.45, 2.75) is 45.6 Å². The van der Waals surface area contributed by atoms with Gasteiger partial charge in [-0.2, -0.15) is 0 Å². The summed E-state index contributed by atoms with van der Waals surface area (Å²) in [4.78, 5) is 26.5. The Morgan fingerprint density at radius 2 is 1.96 bits per heavy atom. The molecule has 0 aliphatic carbocycles. The summed E-state index contributed by atoms with van der Waals surface area (Å²) in [5.74, 6) is -0.788. The number of carbonyl (C=O) groups is 2. The van der Waals surface area contributed by atoms with Gasteiger partial charge in [0.05, 0.1) is 12.5 Å². The quantitative estimate of drug-likeness (QED) is 0.782. The topological polar surface area (TPSA) is 55.8 Å². The molecule has 1 unspecified atom stereocenters. The maximum atomic E-state index is 14.1. The fraction of sp³-hybridized carbons (Fsp3) is 0.579. The maximum Gasteiger partial charge on any atom is 0.410 e. The zero-order valence-corrected chi connectivity index (χ0v) is 15.3. The molecular weight excluding hydrogens is 325 g/mol. The third-order valence-corrected chi connectivity index (χ3v) is 4.33. The number of rotatable bonds is 3. The minimum Gasteiger partial charge on any atom is -0.469 e. The molecule has 0 N–H and O–H groups in total. The highest BCUT2D eigenvalue weighted by atomic mass is 19.1. The third kappa shape index (κ3) is 4.71. The third-order valence-electron chi connectivity index (χ3n) is 4.33. The van der Waals surface area contributed by atoms with Gasteiger partial charge in [-0.15, -0.1) is 0 Å². The van der Waals surface area contributed by atoms with Crippen molar-refractivity contribution in [3.05, 3.63) is 35.6 Å². The van der Waals surface area contributed by atoms with Crippen molar-refractivity contribution in [2.75, 3.05) is 20.2 Å². The molecule has 0 bridgehead atoms. The van der Waals surface area contributed by atoms with Crippen molar-refractivity contribution in [1.82, 2.24) is 4.90 Å². The molecule has 1 saturated heterocycles. The molecule has 1 fully saturated rings. The van der Waals surface area contributed by atoms with Gasteiger partial charge in [0.15, 0.2) is 0 Å². The molecule has 1 aromatic carbocycles. The lowest BCUT2D eigenvalue weighted by molar-refractivity contribution is -0.156. The first-order valence-corrected chi connectivity index (χ1v) is 8.47. The molecule has 0 radical (unpaired) electrons. The number of likely N-dealkylation sites (tertiary alicyclic amines) is 1. The highest BCUT2D eigenvalue weighted by Crippen LogP contribution is 2.36. The second kappa shape index (κ2) is 7.42. The number of piperidine rings is 1. The van der Waals surface area contributed by atoms with Gasteiger partial charge < -0.3 is 14.4 Å². The monoisotopic (exact) mass is 351 g/mol. The first-order chi connectivity index (χ1) is 11.7. The van der Waals surface area contributed by atoms with E-state index >= 15 is 0 Å². The number of esters is 1. The van der Waals surface area contributed by atoms with Crippen LogP contribution in [0.25, 0.3) is 0 Å². The summed E-state index contributed by atoms with van der Waals surface area (Å²) < 4.78 is 24.5. The standard InChI is InChI=1S/C19H26FNO4/c1-18(2,3)25-17(23)21-11-7-10-19(13-21,16(22)24-4)12-14-8-5-6-9-15(14)20/h5-6,8-9H,7,10-13H2,1-4H3. The molecule has 1 aliphatic heterocycles. The Balaban J connectivity index is 2.26. The summed E-state index contributed by atoms with van der Waals surface area (Å²) in [6, 6.07) is 6.37. The molecule has 138 valence electrons. The van der Waals surface area contributed by atoms with Crippen LogP contribution in [-0.2, 0) is 20.7 Å². The van der Waals surface area contributed by atoms with E-state index in [2.05, 4.69) is 0 Å². The first kappa shape index (κ1) is 19.2. The Morgan fingerprint density at radius 3 is 2.56 bits per heavy atom. The van der Waals surface area contributed by atoms with E-state index in [9.17, 15) is 14.0 Å². The molecule has 0 saturated carbocycles. The molecule has 1 amide bonds. The summed E-state index contributed by atoms with van der Waals surface area (Å²) in [5.41, 5.74) is -1.14. The number of ether oxygens (including phenoxy) is 2. The fourth-order valence-corrected chi connectivity index (χ4v) is 3.22. The summed E-state index contributed by atoms with van der Waals surface area (Å²) in [7, 11) is 1.32. The number of nitrogens with zero attached hydrogens (tertiary/aromatic N) is 1. The van der Waals surface area contributed by atoms with E-state index in [0.717, 1.165) is 0 Å². The lowest BCUT2D eigenvalue weighted by Crippen LogP contribution is -2.52. The lowest BCUT2D eigenvalue weighted by atomic mass is 9.75. The average Bonchev–Trinajstić information content (AvgIpc) is 2.55. The van der Waals surface area contributed by atoms with E-state index in [-0.39, 0.29) is 18.8 Å². The van der Waals surface area contributed by atoms with Gasteiger partial charge in [0.1, 0.15) is 11.4 Å². The van der Waals surface area contributed by atoms with Gasteiger partial charge in [-0.1, -0.05) is 18.2 Å². The largest absolute Gasteiger partial charge is 0.469 e. The van der Waals surface area contributed by atoms with Crippen LogP contribution in [0.4, 0.5) is 9.18 Å². The van der Waals surface area contributed by atoms with Crippen molar-refractivity contribution in [3.63, 3.8) is 0 Å². The number of benzene rings is 1. The normalized spacial score (nSPS) is 20.9. The van der Waals surface area contributed by atoms with Crippen molar-refractivity contribution in [2.24, 2.45) is 5.41 Å². The number of carbonyl (C=O) groups excluding carboxylic acids is 2. The Morgan fingerprint density at radius 1 is 1.28 bits per heavy atom. The molecule has 1 atom stereocenters. The van der Waals surface area contributed by atoms with Crippen molar-refractivity contribution in [1.29, 1.82) is 0 Å². The lowest BCUT2D eigenvalue weighted by Gasteiger charge is -2.41. The predicted octanol–water partition coefficient (Wildman–Crippen LogP) is 3.56. The van der Waals surface area contributed by atoms with E-state index in [0.29, 0.717) is 24.9 Å². The molecular formula is C19H26FNO4. The van der Waals surface area contributed by atoms with Gasteiger partial charge in [-0.05, 0) is 51.7 Å². The summed E-state index contributed by atoms with van der Waals surface area (Å²) in [5, 5.41) is 0. The molecule has 0 spiro atoms. The van der Waals surface area contributed by atoms with Crippen molar-refractivity contribution >= 4 is 12.1 Å². The zero-order valence-electron chi connectivity index (χ0n) is 15.3. The zero-order chi connectivity index (χ0) is 18.7. The average molecular weight is 351 g/mol. The summed E-state index contributed by atoms with van der Waals surface area (Å²) in [6.07, 6.45) is 0.885. The molecule has 1 aliphatic rings. The van der Waals surface area contributed by atoms with Gasteiger partial charge in [0.25, 0.3) is 0 Å². The van der Waals surface area contributed by atoms with Gasteiger partial charge in [-0.25, -0.2) is 9.18 Å². The van der Waals surface area contributed by atoms with E-state index in [4.69, 9.17) is 9.47 Å². The second-order valence-corrected chi connectivity index (χ2v) is 7.55. The molecule has 1 aromatic rings. The molecule has 2 rings (SSSR count). The molecule has 1 heterocycles. The van der Waals surface area contributed by atoms with Gasteiger partial charge in [-0.3, -0.25) is 4.79 Å². The van der Waals surface area contributed by atoms with E-state index in [1.807, 2.05) is 0 Å². The van der Waals surface area contributed by atoms with Gasteiger partial charge in [0.2, 0.25) is 0 Å². The Labute approximate surface area is 148 Å². The number of hydrogen-bond acceptors (Lipinski definition) is 4. The van der Waals surface area contributed by atoms with Crippen molar-refractivity contribution in [3.8, 4) is 0 Å². The highest BCUT2D eigenvalue weighted by molar-refractivity contribution is 5.79. The van der Waals surface area contributed by atoms with Crippen LogP contribution < -0.4 is 0 Å². The van der Waals surface area contributed by atoms with Crippen LogP contribution in [0, 0.1) is 11.2 Å². The van der Waals surface area contributed by atoms with E-state index < -0.39 is 23.1 Å². The van der Waals surface area contributed by atoms with Crippen LogP contribution in [0.15, 0.2) is 24.3 Å². The summed E-state index contributed by atoms with van der Waals surface area (Å²) >= 11 is 0. The van der Waals surface area contributed by atoms with Crippen LogP contribution in [-0.4, -0.2) is 42.8 Å². The molecule has 25 heavy (non-hydrogen) atoms. The predicted molar refractivity (Wildman–Crippen MR) is 91.6 cm³/mol. The maximum absolute atomic E-state index is 14.1. The number of halogens is 1. The van der Waals surface area contributed by atoms with Gasteiger partial charge in [0, 0.05) is 13.1 Å². The Kier molecular flexibility index (Phi) is 5.70. The molecule has 6 heteroatoms. The van der Waals surface area contributed by atoms with E-state index in [1.165, 1.54) is 18.1 Å². The van der Waals surface area contributed by atoms with E-state index in [1.54, 1.807) is 39.0 Å². The molecule has 5 nitrogen and oxygen atoms in total. The molecule has 0 aromatic heterocycles. The number of methoxy groups -OCH3 is 1. The van der Waals surface area contributed by atoms with Gasteiger partial charge >= 0.3 is 12.1 Å². The minimum absolute atomic E-state index is 0.156. The van der Waals surface area contributed by atoms with Crippen LogP contribution in [0.3, 0.4) is 0 Å². The minimum atomic E-state index is -0.966. The van der Waals surface area contributed by atoms with Crippen LogP contribution in [0.2, 0.25) is 0 Å². The van der Waals surface area contributed by atoms with Crippen LogP contribution in [0.5, 0.6) is 0 Å². The number of amides is 1. The SMILES string of the molecule is COC(=O)C1(Cc2ccccc2F)CCCN(C(=O)OC(C)(C)C)C1. The summed E-state index contributed by atoms with van der Waals surface area (Å²) in [6.45, 7) is 6.04.